The highest BCUT2D eigenvalue weighted by atomic mass is 35.5. The Morgan fingerprint density at radius 1 is 0.696 bits per heavy atom. The summed E-state index contributed by atoms with van der Waals surface area (Å²) >= 11 is 0. The first-order chi connectivity index (χ1) is 10.9. The third kappa shape index (κ3) is 3.46. The maximum atomic E-state index is 5.60. The maximum Gasteiger partial charge on any atom is 0.231 e. The third-order valence-electron chi connectivity index (χ3n) is 3.70. The molecule has 2 aliphatic rings. The molecule has 0 spiro atoms. The minimum atomic E-state index is 0. The van der Waals surface area contributed by atoms with Crippen LogP contribution in [0.15, 0.2) is 36.4 Å². The van der Waals surface area contributed by atoms with Gasteiger partial charge in [0.1, 0.15) is 13.2 Å². The van der Waals surface area contributed by atoms with E-state index in [0.717, 1.165) is 36.1 Å². The van der Waals surface area contributed by atoms with Crippen molar-refractivity contribution in [3.8, 4) is 23.0 Å². The van der Waals surface area contributed by atoms with Gasteiger partial charge in [0, 0.05) is 13.1 Å². The molecule has 0 fully saturated rings. The van der Waals surface area contributed by atoms with E-state index in [2.05, 4.69) is 11.4 Å². The highest BCUT2D eigenvalue weighted by Gasteiger charge is 2.13. The summed E-state index contributed by atoms with van der Waals surface area (Å²) in [6, 6.07) is 12.1. The molecule has 4 rings (SSSR count). The Hall–Kier alpha value is -2.11. The van der Waals surface area contributed by atoms with Gasteiger partial charge in [0.2, 0.25) is 6.79 Å². The van der Waals surface area contributed by atoms with E-state index in [1.807, 2.05) is 30.3 Å². The molecule has 0 unspecified atom stereocenters. The van der Waals surface area contributed by atoms with Gasteiger partial charge in [-0.2, -0.15) is 0 Å². The second kappa shape index (κ2) is 6.98. The molecule has 0 amide bonds. The zero-order chi connectivity index (χ0) is 14.8. The summed E-state index contributed by atoms with van der Waals surface area (Å²) in [5.41, 5.74) is 2.34. The molecule has 5 nitrogen and oxygen atoms in total. The molecule has 0 saturated carbocycles. The van der Waals surface area contributed by atoms with Crippen LogP contribution in [0.3, 0.4) is 0 Å². The van der Waals surface area contributed by atoms with E-state index in [4.69, 9.17) is 18.9 Å². The van der Waals surface area contributed by atoms with E-state index >= 15 is 0 Å². The molecular formula is C17H18ClNO4. The predicted molar refractivity (Wildman–Crippen MR) is 87.8 cm³/mol. The van der Waals surface area contributed by atoms with Gasteiger partial charge in [-0.25, -0.2) is 0 Å². The first-order valence-electron chi connectivity index (χ1n) is 7.36. The number of ether oxygens (including phenoxy) is 4. The molecule has 0 aromatic heterocycles. The molecule has 2 aromatic rings. The lowest BCUT2D eigenvalue weighted by Crippen LogP contribution is -2.16. The highest BCUT2D eigenvalue weighted by Crippen LogP contribution is 2.33. The second-order valence-electron chi connectivity index (χ2n) is 5.27. The van der Waals surface area contributed by atoms with Crippen molar-refractivity contribution in [2.75, 3.05) is 20.0 Å². The molecular weight excluding hydrogens is 318 g/mol. The van der Waals surface area contributed by atoms with Gasteiger partial charge in [0.25, 0.3) is 0 Å². The topological polar surface area (TPSA) is 49.0 Å². The van der Waals surface area contributed by atoms with E-state index < -0.39 is 0 Å². The van der Waals surface area contributed by atoms with Crippen LogP contribution in [0.5, 0.6) is 23.0 Å². The lowest BCUT2D eigenvalue weighted by Gasteiger charge is -2.19. The number of rotatable bonds is 4. The summed E-state index contributed by atoms with van der Waals surface area (Å²) in [6.45, 7) is 3.08. The van der Waals surface area contributed by atoms with Crippen LogP contribution in [0.25, 0.3) is 0 Å². The van der Waals surface area contributed by atoms with Gasteiger partial charge in [-0.15, -0.1) is 12.4 Å². The second-order valence-corrected chi connectivity index (χ2v) is 5.27. The fraction of sp³-hybridized carbons (Fsp3) is 0.294. The lowest BCUT2D eigenvalue weighted by molar-refractivity contribution is 0.171. The normalized spacial score (nSPS) is 14.3. The minimum Gasteiger partial charge on any atom is -0.486 e. The third-order valence-corrected chi connectivity index (χ3v) is 3.70. The summed E-state index contributed by atoms with van der Waals surface area (Å²) in [4.78, 5) is 0. The van der Waals surface area contributed by atoms with Crippen LogP contribution in [-0.2, 0) is 13.1 Å². The van der Waals surface area contributed by atoms with Gasteiger partial charge in [-0.3, -0.25) is 0 Å². The monoisotopic (exact) mass is 335 g/mol. The van der Waals surface area contributed by atoms with Gasteiger partial charge in [0.05, 0.1) is 0 Å². The van der Waals surface area contributed by atoms with Crippen molar-refractivity contribution < 1.29 is 18.9 Å². The smallest absolute Gasteiger partial charge is 0.231 e. The summed E-state index contributed by atoms with van der Waals surface area (Å²) in [6.07, 6.45) is 0. The van der Waals surface area contributed by atoms with E-state index in [1.165, 1.54) is 11.1 Å². The molecule has 2 aromatic carbocycles. The van der Waals surface area contributed by atoms with Gasteiger partial charge in [-0.1, -0.05) is 12.1 Å². The van der Waals surface area contributed by atoms with Crippen LogP contribution < -0.4 is 24.3 Å². The lowest BCUT2D eigenvalue weighted by atomic mass is 10.1. The summed E-state index contributed by atoms with van der Waals surface area (Å²) < 4.78 is 21.8. The SMILES string of the molecule is Cl.c1cc2c(cc1CNCc1ccc3c(c1)OCO3)OCCO2. The van der Waals surface area contributed by atoms with E-state index in [-0.39, 0.29) is 12.4 Å². The summed E-state index contributed by atoms with van der Waals surface area (Å²) in [5, 5.41) is 3.42. The molecule has 0 saturated heterocycles. The highest BCUT2D eigenvalue weighted by molar-refractivity contribution is 5.85. The van der Waals surface area contributed by atoms with Crippen molar-refractivity contribution in [2.24, 2.45) is 0 Å². The number of benzene rings is 2. The molecule has 2 heterocycles. The Bertz CT molecular complexity index is 692. The standard InChI is InChI=1S/C17H17NO4.ClH/c1-3-14-16(20-6-5-19-14)7-12(1)9-18-10-13-2-4-15-17(8-13)22-11-21-15;/h1-4,7-8,18H,5-6,9-11H2;1H. The molecule has 0 bridgehead atoms. The Morgan fingerprint density at radius 3 is 1.91 bits per heavy atom. The zero-order valence-electron chi connectivity index (χ0n) is 12.5. The van der Waals surface area contributed by atoms with E-state index in [0.29, 0.717) is 20.0 Å². The number of hydrogen-bond donors (Lipinski definition) is 1. The summed E-state index contributed by atoms with van der Waals surface area (Å²) in [7, 11) is 0. The quantitative estimate of drug-likeness (QED) is 0.931. The fourth-order valence-corrected chi connectivity index (χ4v) is 2.60. The molecule has 6 heteroatoms. The Morgan fingerprint density at radius 2 is 1.22 bits per heavy atom. The van der Waals surface area contributed by atoms with Crippen LogP contribution in [-0.4, -0.2) is 20.0 Å². The average Bonchev–Trinajstić information content (AvgIpc) is 3.02. The molecule has 0 atom stereocenters. The molecule has 0 aliphatic carbocycles. The van der Waals surface area contributed by atoms with Crippen LogP contribution >= 0.6 is 12.4 Å². The molecule has 2 aliphatic heterocycles. The van der Waals surface area contributed by atoms with Crippen molar-refractivity contribution in [1.29, 1.82) is 0 Å². The number of nitrogens with one attached hydrogen (secondary N) is 1. The van der Waals surface area contributed by atoms with Crippen molar-refractivity contribution >= 4 is 12.4 Å². The Labute approximate surface area is 140 Å². The van der Waals surface area contributed by atoms with Crippen LogP contribution in [0.4, 0.5) is 0 Å². The fourth-order valence-electron chi connectivity index (χ4n) is 2.60. The molecule has 0 radical (unpaired) electrons. The maximum absolute atomic E-state index is 5.60. The van der Waals surface area contributed by atoms with Crippen LogP contribution in [0, 0.1) is 0 Å². The first kappa shape index (κ1) is 15.8. The van der Waals surface area contributed by atoms with Crippen LogP contribution in [0.2, 0.25) is 0 Å². The van der Waals surface area contributed by atoms with Crippen molar-refractivity contribution in [2.45, 2.75) is 13.1 Å². The van der Waals surface area contributed by atoms with Crippen LogP contribution in [0.1, 0.15) is 11.1 Å². The number of halogens is 1. The van der Waals surface area contributed by atoms with Crippen molar-refractivity contribution in [3.05, 3.63) is 47.5 Å². The number of hydrogen-bond acceptors (Lipinski definition) is 5. The zero-order valence-corrected chi connectivity index (χ0v) is 13.4. The van der Waals surface area contributed by atoms with E-state index in [1.54, 1.807) is 0 Å². The van der Waals surface area contributed by atoms with Gasteiger partial charge in [-0.05, 0) is 35.4 Å². The molecule has 1 N–H and O–H groups in total. The molecule has 122 valence electrons. The Balaban J connectivity index is 0.00000156. The first-order valence-corrected chi connectivity index (χ1v) is 7.36. The van der Waals surface area contributed by atoms with Gasteiger partial charge in [0.15, 0.2) is 23.0 Å². The van der Waals surface area contributed by atoms with Crippen molar-refractivity contribution in [1.82, 2.24) is 5.32 Å². The largest absolute Gasteiger partial charge is 0.486 e. The molecule has 23 heavy (non-hydrogen) atoms. The van der Waals surface area contributed by atoms with E-state index in [9.17, 15) is 0 Å². The van der Waals surface area contributed by atoms with Gasteiger partial charge < -0.3 is 24.3 Å². The average molecular weight is 336 g/mol. The predicted octanol–water partition coefficient (Wildman–Crippen LogP) is 2.90. The minimum absolute atomic E-state index is 0. The van der Waals surface area contributed by atoms with Gasteiger partial charge >= 0.3 is 0 Å². The van der Waals surface area contributed by atoms with Crippen molar-refractivity contribution in [3.63, 3.8) is 0 Å². The summed E-state index contributed by atoms with van der Waals surface area (Å²) in [5.74, 6) is 3.29. The number of fused-ring (bicyclic) bond motifs is 2. The Kier molecular flexibility index (Phi) is 4.79.